The zero-order valence-electron chi connectivity index (χ0n) is 24.2. The summed E-state index contributed by atoms with van der Waals surface area (Å²) in [6.45, 7) is 3.77. The van der Waals surface area contributed by atoms with Gasteiger partial charge in [0.2, 0.25) is 0 Å². The first-order valence-corrected chi connectivity index (χ1v) is 16.0. The van der Waals surface area contributed by atoms with Crippen molar-refractivity contribution in [1.29, 1.82) is 0 Å². The largest absolute Gasteiger partial charge is 0.503 e. The van der Waals surface area contributed by atoms with Crippen LogP contribution in [0, 0.1) is 11.6 Å². The number of phenolic OH excluding ortho intramolecular Hbond substituents is 1. The maximum absolute atomic E-state index is 14.3. The van der Waals surface area contributed by atoms with Crippen molar-refractivity contribution in [3.05, 3.63) is 93.2 Å². The van der Waals surface area contributed by atoms with Crippen molar-refractivity contribution in [2.75, 3.05) is 57.5 Å². The van der Waals surface area contributed by atoms with Gasteiger partial charge in [0, 0.05) is 59.2 Å². The highest BCUT2D eigenvalue weighted by atomic mass is 32.2. The Hall–Kier alpha value is -4.24. The number of amides is 4. The maximum Gasteiger partial charge on any atom is 0.273 e. The number of phenols is 1. The Bertz CT molecular complexity index is 1600. The Labute approximate surface area is 270 Å². The van der Waals surface area contributed by atoms with E-state index < -0.39 is 29.2 Å². The highest BCUT2D eigenvalue weighted by Gasteiger charge is 2.41. The quantitative estimate of drug-likeness (QED) is 0.369. The third kappa shape index (κ3) is 6.51. The molecule has 0 spiro atoms. The van der Waals surface area contributed by atoms with Gasteiger partial charge in [-0.15, -0.1) is 0 Å². The summed E-state index contributed by atoms with van der Waals surface area (Å²) in [4.78, 5) is 58.3. The zero-order chi connectivity index (χ0) is 32.4. The predicted octanol–water partition coefficient (Wildman–Crippen LogP) is 4.28. The number of aromatic hydroxyl groups is 1. The van der Waals surface area contributed by atoms with Crippen molar-refractivity contribution in [3.63, 3.8) is 0 Å². The molecule has 0 bridgehead atoms. The number of anilines is 1. The molecule has 10 nitrogen and oxygen atoms in total. The normalized spacial score (nSPS) is 17.2. The smallest absolute Gasteiger partial charge is 0.273 e. The second-order valence-corrected chi connectivity index (χ2v) is 12.6. The molecule has 238 valence electrons. The van der Waals surface area contributed by atoms with Gasteiger partial charge < -0.3 is 24.4 Å². The number of nitrogens with zero attached hydrogens (tertiary/aromatic N) is 3. The number of ether oxygens (including phenoxy) is 2. The van der Waals surface area contributed by atoms with Crippen LogP contribution in [0.4, 0.5) is 14.5 Å². The Morgan fingerprint density at radius 3 is 1.39 bits per heavy atom. The minimum absolute atomic E-state index is 0.00427. The van der Waals surface area contributed by atoms with E-state index in [0.29, 0.717) is 90.6 Å². The van der Waals surface area contributed by atoms with E-state index in [-0.39, 0.29) is 27.3 Å². The lowest BCUT2D eigenvalue weighted by Gasteiger charge is -2.26. The molecule has 2 fully saturated rings. The van der Waals surface area contributed by atoms with Gasteiger partial charge in [-0.05, 0) is 48.5 Å². The summed E-state index contributed by atoms with van der Waals surface area (Å²) in [6.07, 6.45) is 0. The molecular formula is C32H27F2N3O7S2. The van der Waals surface area contributed by atoms with Crippen LogP contribution < -0.4 is 4.90 Å². The van der Waals surface area contributed by atoms with E-state index in [1.54, 1.807) is 58.3 Å². The molecule has 3 heterocycles. The van der Waals surface area contributed by atoms with Gasteiger partial charge in [-0.1, -0.05) is 23.5 Å². The van der Waals surface area contributed by atoms with Crippen LogP contribution in [0.1, 0.15) is 20.7 Å². The standard InChI is InChI=1S/C32H27F2N3O7S2/c33-24-17-21(18-25(34)26(24)38)37-31(41)27(45-22-5-1-19(2-6-22)29(39)35-9-13-43-14-10-35)28(32(37)42)46-23-7-3-20(4-8-23)30(40)36-11-15-44-16-12-36/h1-8,17-18,38H,9-16H2. The summed E-state index contributed by atoms with van der Waals surface area (Å²) < 4.78 is 39.2. The average Bonchev–Trinajstić information content (AvgIpc) is 3.31. The molecular weight excluding hydrogens is 640 g/mol. The number of thioether (sulfide) groups is 2. The number of rotatable bonds is 7. The summed E-state index contributed by atoms with van der Waals surface area (Å²) in [5.74, 6) is -5.80. The van der Waals surface area contributed by atoms with E-state index >= 15 is 0 Å². The zero-order valence-corrected chi connectivity index (χ0v) is 25.9. The monoisotopic (exact) mass is 667 g/mol. The molecule has 3 aliphatic heterocycles. The molecule has 1 N–H and O–H groups in total. The molecule has 6 rings (SSSR count). The molecule has 0 atom stereocenters. The molecule has 0 radical (unpaired) electrons. The number of morpholine rings is 2. The second kappa shape index (κ2) is 13.6. The van der Waals surface area contributed by atoms with Gasteiger partial charge in [0.1, 0.15) is 0 Å². The molecule has 0 aromatic heterocycles. The third-order valence-electron chi connectivity index (χ3n) is 7.50. The van der Waals surface area contributed by atoms with Gasteiger partial charge in [0.15, 0.2) is 17.4 Å². The fourth-order valence-electron chi connectivity index (χ4n) is 5.05. The highest BCUT2D eigenvalue weighted by Crippen LogP contribution is 2.44. The number of hydrogen-bond acceptors (Lipinski definition) is 9. The van der Waals surface area contributed by atoms with E-state index in [0.717, 1.165) is 23.5 Å². The first kappa shape index (κ1) is 31.7. The highest BCUT2D eigenvalue weighted by molar-refractivity contribution is 8.08. The van der Waals surface area contributed by atoms with Crippen molar-refractivity contribution in [2.45, 2.75) is 9.79 Å². The Kier molecular flexibility index (Phi) is 9.40. The van der Waals surface area contributed by atoms with E-state index in [1.807, 2.05) is 0 Å². The molecule has 14 heteroatoms. The summed E-state index contributed by atoms with van der Waals surface area (Å²) in [5.41, 5.74) is 0.522. The minimum atomic E-state index is -1.33. The number of carbonyl (C=O) groups is 4. The molecule has 46 heavy (non-hydrogen) atoms. The lowest BCUT2D eigenvalue weighted by Crippen LogP contribution is -2.40. The molecule has 0 saturated carbocycles. The number of imide groups is 1. The molecule has 0 aliphatic carbocycles. The van der Waals surface area contributed by atoms with Crippen LogP contribution in [0.25, 0.3) is 0 Å². The van der Waals surface area contributed by atoms with Crippen LogP contribution in [0.15, 0.2) is 80.3 Å². The fraction of sp³-hybridized carbons (Fsp3) is 0.250. The Morgan fingerprint density at radius 2 is 1.02 bits per heavy atom. The van der Waals surface area contributed by atoms with Gasteiger partial charge in [-0.3, -0.25) is 19.2 Å². The molecule has 3 aromatic carbocycles. The van der Waals surface area contributed by atoms with Crippen LogP contribution in [0.5, 0.6) is 5.75 Å². The lowest BCUT2D eigenvalue weighted by atomic mass is 10.2. The van der Waals surface area contributed by atoms with E-state index in [1.165, 1.54) is 0 Å². The van der Waals surface area contributed by atoms with E-state index in [2.05, 4.69) is 0 Å². The number of hydrogen-bond donors (Lipinski definition) is 1. The molecule has 4 amide bonds. The van der Waals surface area contributed by atoms with E-state index in [4.69, 9.17) is 9.47 Å². The SMILES string of the molecule is O=C(c1ccc(SC2=C(Sc3ccc(C(=O)N4CCOCC4)cc3)C(=O)N(c3cc(F)c(O)c(F)c3)C2=O)cc1)N1CCOCC1. The molecule has 3 aromatic rings. The van der Waals surface area contributed by atoms with Crippen molar-refractivity contribution in [3.8, 4) is 5.75 Å². The van der Waals surface area contributed by atoms with Gasteiger partial charge in [-0.2, -0.15) is 0 Å². The first-order valence-electron chi connectivity index (χ1n) is 14.3. The summed E-state index contributed by atoms with van der Waals surface area (Å²) >= 11 is 1.95. The maximum atomic E-state index is 14.3. The van der Waals surface area contributed by atoms with Gasteiger partial charge in [-0.25, -0.2) is 13.7 Å². The second-order valence-electron chi connectivity index (χ2n) is 10.4. The molecule has 2 saturated heterocycles. The van der Waals surface area contributed by atoms with Crippen molar-refractivity contribution >= 4 is 52.8 Å². The fourth-order valence-corrected chi connectivity index (χ4v) is 7.03. The number of benzene rings is 3. The van der Waals surface area contributed by atoms with Gasteiger partial charge in [0.05, 0.1) is 41.9 Å². The third-order valence-corrected chi connectivity index (χ3v) is 9.81. The van der Waals surface area contributed by atoms with Gasteiger partial charge >= 0.3 is 0 Å². The van der Waals surface area contributed by atoms with Crippen LogP contribution >= 0.6 is 23.5 Å². The summed E-state index contributed by atoms with van der Waals surface area (Å²) in [5, 5.41) is 9.56. The topological polar surface area (TPSA) is 117 Å². The van der Waals surface area contributed by atoms with E-state index in [9.17, 15) is 33.1 Å². The molecule has 3 aliphatic rings. The summed E-state index contributed by atoms with van der Waals surface area (Å²) in [6, 6.07) is 14.5. The van der Waals surface area contributed by atoms with Crippen LogP contribution in [-0.2, 0) is 19.1 Å². The Balaban J connectivity index is 1.28. The van der Waals surface area contributed by atoms with Crippen LogP contribution in [0.2, 0.25) is 0 Å². The average molecular weight is 668 g/mol. The Morgan fingerprint density at radius 1 is 0.652 bits per heavy atom. The van der Waals surface area contributed by atoms with Crippen LogP contribution in [-0.4, -0.2) is 91.1 Å². The first-order chi connectivity index (χ1) is 22.2. The van der Waals surface area contributed by atoms with Crippen molar-refractivity contribution in [2.24, 2.45) is 0 Å². The predicted molar refractivity (Wildman–Crippen MR) is 166 cm³/mol. The number of carbonyl (C=O) groups excluding carboxylic acids is 4. The molecule has 0 unspecified atom stereocenters. The van der Waals surface area contributed by atoms with Gasteiger partial charge in [0.25, 0.3) is 23.6 Å². The number of halogens is 2. The van der Waals surface area contributed by atoms with Crippen molar-refractivity contribution in [1.82, 2.24) is 9.80 Å². The summed E-state index contributed by atoms with van der Waals surface area (Å²) in [7, 11) is 0. The lowest BCUT2D eigenvalue weighted by molar-refractivity contribution is -0.120. The van der Waals surface area contributed by atoms with Crippen molar-refractivity contribution < 1.29 is 42.5 Å². The van der Waals surface area contributed by atoms with Crippen LogP contribution in [0.3, 0.4) is 0 Å². The minimum Gasteiger partial charge on any atom is -0.503 e.